The van der Waals surface area contributed by atoms with Gasteiger partial charge in [0.25, 0.3) is 0 Å². The molecule has 1 saturated heterocycles. The Morgan fingerprint density at radius 3 is 2.57 bits per heavy atom. The summed E-state index contributed by atoms with van der Waals surface area (Å²) in [7, 11) is -2.73. The van der Waals surface area contributed by atoms with Gasteiger partial charge in [-0.2, -0.15) is 0 Å². The van der Waals surface area contributed by atoms with Gasteiger partial charge in [0.15, 0.2) is 9.84 Å². The number of nitrogens with zero attached hydrogens (tertiary/aromatic N) is 1. The van der Waals surface area contributed by atoms with Crippen LogP contribution in [0.5, 0.6) is 0 Å². The predicted octanol–water partition coefficient (Wildman–Crippen LogP) is -0.508. The molecule has 0 unspecified atom stereocenters. The Morgan fingerprint density at radius 1 is 1.36 bits per heavy atom. The number of hydrogen-bond acceptors (Lipinski definition) is 4. The third-order valence-corrected chi connectivity index (χ3v) is 3.94. The molecule has 82 valence electrons. The summed E-state index contributed by atoms with van der Waals surface area (Å²) < 4.78 is 22.2. The molecule has 1 heterocycles. The molecule has 0 amide bonds. The number of rotatable bonds is 5. The maximum atomic E-state index is 11.1. The summed E-state index contributed by atoms with van der Waals surface area (Å²) in [6, 6.07) is 0. The minimum absolute atomic E-state index is 0.314. The van der Waals surface area contributed by atoms with Crippen molar-refractivity contribution in [2.75, 3.05) is 44.2 Å². The zero-order valence-corrected chi connectivity index (χ0v) is 9.22. The largest absolute Gasteiger partial charge is 0.312 e. The van der Waals surface area contributed by atoms with Gasteiger partial charge < -0.3 is 10.2 Å². The summed E-state index contributed by atoms with van der Waals surface area (Å²) in [5, 5.41) is 3.19. The molecule has 0 aromatic heterocycles. The molecule has 0 aliphatic carbocycles. The van der Waals surface area contributed by atoms with Crippen LogP contribution in [-0.4, -0.2) is 57.5 Å². The first-order valence-corrected chi connectivity index (χ1v) is 6.70. The normalized spacial score (nSPS) is 22.0. The van der Waals surface area contributed by atoms with Crippen LogP contribution < -0.4 is 5.32 Å². The molecular formula is C9H18N2O2S. The van der Waals surface area contributed by atoms with Crippen molar-refractivity contribution in [3.63, 3.8) is 0 Å². The zero-order chi connectivity index (χ0) is 10.4. The van der Waals surface area contributed by atoms with Crippen molar-refractivity contribution >= 4 is 9.84 Å². The Hall–Kier alpha value is -0.390. The molecule has 1 fully saturated rings. The van der Waals surface area contributed by atoms with Gasteiger partial charge in [-0.05, 0) is 0 Å². The Bertz CT molecular complexity index is 261. The molecule has 1 N–H and O–H groups in total. The topological polar surface area (TPSA) is 49.4 Å². The van der Waals surface area contributed by atoms with Gasteiger partial charge in [-0.15, -0.1) is 6.58 Å². The van der Waals surface area contributed by atoms with Gasteiger partial charge in [0.1, 0.15) is 0 Å². The molecule has 5 heteroatoms. The van der Waals surface area contributed by atoms with E-state index in [0.717, 1.165) is 19.6 Å². The van der Waals surface area contributed by atoms with Crippen molar-refractivity contribution < 1.29 is 8.42 Å². The molecule has 4 nitrogen and oxygen atoms in total. The van der Waals surface area contributed by atoms with E-state index in [9.17, 15) is 8.42 Å². The molecular weight excluding hydrogens is 200 g/mol. The second-order valence-electron chi connectivity index (χ2n) is 3.49. The SMILES string of the molecule is C=CCNCCN1CCS(=O)(=O)CC1. The van der Waals surface area contributed by atoms with Crippen molar-refractivity contribution in [3.05, 3.63) is 12.7 Å². The maximum absolute atomic E-state index is 11.1. The van der Waals surface area contributed by atoms with E-state index >= 15 is 0 Å². The van der Waals surface area contributed by atoms with E-state index in [0.29, 0.717) is 24.6 Å². The van der Waals surface area contributed by atoms with Crippen LogP contribution in [0, 0.1) is 0 Å². The van der Waals surface area contributed by atoms with E-state index in [1.54, 1.807) is 0 Å². The molecule has 1 aliphatic rings. The average molecular weight is 218 g/mol. The van der Waals surface area contributed by atoms with E-state index in [4.69, 9.17) is 0 Å². The second-order valence-corrected chi connectivity index (χ2v) is 5.79. The Morgan fingerprint density at radius 2 is 2.00 bits per heavy atom. The van der Waals surface area contributed by atoms with Crippen LogP contribution in [0.2, 0.25) is 0 Å². The molecule has 0 bridgehead atoms. The standard InChI is InChI=1S/C9H18N2O2S/c1-2-3-10-4-5-11-6-8-14(12,13)9-7-11/h2,10H,1,3-9H2. The van der Waals surface area contributed by atoms with E-state index in [2.05, 4.69) is 16.8 Å². The number of nitrogens with one attached hydrogen (secondary N) is 1. The highest BCUT2D eigenvalue weighted by molar-refractivity contribution is 7.91. The molecule has 0 radical (unpaired) electrons. The quantitative estimate of drug-likeness (QED) is 0.499. The van der Waals surface area contributed by atoms with Gasteiger partial charge in [0.05, 0.1) is 11.5 Å². The van der Waals surface area contributed by atoms with Gasteiger partial charge in [-0.3, -0.25) is 0 Å². The van der Waals surface area contributed by atoms with Gasteiger partial charge in [-0.25, -0.2) is 8.42 Å². The lowest BCUT2D eigenvalue weighted by molar-refractivity contribution is 0.296. The molecule has 1 aliphatic heterocycles. The Balaban J connectivity index is 2.13. The van der Waals surface area contributed by atoms with E-state index in [1.165, 1.54) is 0 Å². The molecule has 0 atom stereocenters. The van der Waals surface area contributed by atoms with E-state index in [1.807, 2.05) is 6.08 Å². The summed E-state index contributed by atoms with van der Waals surface area (Å²) in [6.07, 6.45) is 1.82. The summed E-state index contributed by atoms with van der Waals surface area (Å²) in [4.78, 5) is 2.18. The number of sulfone groups is 1. The third-order valence-electron chi connectivity index (χ3n) is 2.33. The second kappa shape index (κ2) is 5.48. The Kier molecular flexibility index (Phi) is 4.57. The Labute approximate surface area is 85.9 Å². The molecule has 0 aromatic carbocycles. The van der Waals surface area contributed by atoms with E-state index in [-0.39, 0.29) is 0 Å². The fourth-order valence-electron chi connectivity index (χ4n) is 1.42. The minimum atomic E-state index is -2.73. The molecule has 1 rings (SSSR count). The zero-order valence-electron chi connectivity index (χ0n) is 8.41. The summed E-state index contributed by atoms with van der Waals surface area (Å²) >= 11 is 0. The van der Waals surface area contributed by atoms with Crippen molar-refractivity contribution in [1.29, 1.82) is 0 Å². The highest BCUT2D eigenvalue weighted by Crippen LogP contribution is 2.02. The first-order valence-electron chi connectivity index (χ1n) is 4.88. The fourth-order valence-corrected chi connectivity index (χ4v) is 2.69. The number of hydrogen-bond donors (Lipinski definition) is 1. The molecule has 14 heavy (non-hydrogen) atoms. The van der Waals surface area contributed by atoms with Crippen molar-refractivity contribution in [2.24, 2.45) is 0 Å². The molecule has 0 aromatic rings. The van der Waals surface area contributed by atoms with Crippen molar-refractivity contribution in [1.82, 2.24) is 10.2 Å². The minimum Gasteiger partial charge on any atom is -0.312 e. The van der Waals surface area contributed by atoms with Crippen LogP contribution >= 0.6 is 0 Å². The summed E-state index contributed by atoms with van der Waals surface area (Å²) in [6.45, 7) is 7.59. The average Bonchev–Trinajstić information content (AvgIpc) is 2.15. The lowest BCUT2D eigenvalue weighted by Gasteiger charge is -2.26. The lowest BCUT2D eigenvalue weighted by Crippen LogP contribution is -2.43. The van der Waals surface area contributed by atoms with Crippen LogP contribution in [-0.2, 0) is 9.84 Å². The first kappa shape index (κ1) is 11.7. The van der Waals surface area contributed by atoms with Crippen LogP contribution in [0.4, 0.5) is 0 Å². The molecule has 0 saturated carbocycles. The van der Waals surface area contributed by atoms with E-state index < -0.39 is 9.84 Å². The lowest BCUT2D eigenvalue weighted by atomic mass is 10.4. The fraction of sp³-hybridized carbons (Fsp3) is 0.778. The van der Waals surface area contributed by atoms with Crippen molar-refractivity contribution in [3.8, 4) is 0 Å². The highest BCUT2D eigenvalue weighted by Gasteiger charge is 2.20. The van der Waals surface area contributed by atoms with Gasteiger partial charge >= 0.3 is 0 Å². The summed E-state index contributed by atoms with van der Waals surface area (Å²) in [5.41, 5.74) is 0. The van der Waals surface area contributed by atoms with Crippen molar-refractivity contribution in [2.45, 2.75) is 0 Å². The third kappa shape index (κ3) is 4.21. The monoisotopic (exact) mass is 218 g/mol. The van der Waals surface area contributed by atoms with Gasteiger partial charge in [-0.1, -0.05) is 6.08 Å². The van der Waals surface area contributed by atoms with Crippen LogP contribution in [0.1, 0.15) is 0 Å². The smallest absolute Gasteiger partial charge is 0.152 e. The highest BCUT2D eigenvalue weighted by atomic mass is 32.2. The van der Waals surface area contributed by atoms with Crippen LogP contribution in [0.15, 0.2) is 12.7 Å². The van der Waals surface area contributed by atoms with Gasteiger partial charge in [0, 0.05) is 32.7 Å². The van der Waals surface area contributed by atoms with Gasteiger partial charge in [0.2, 0.25) is 0 Å². The van der Waals surface area contributed by atoms with Crippen LogP contribution in [0.25, 0.3) is 0 Å². The van der Waals surface area contributed by atoms with Crippen LogP contribution in [0.3, 0.4) is 0 Å². The summed E-state index contributed by atoms with van der Waals surface area (Å²) in [5.74, 6) is 0.628. The first-order chi connectivity index (χ1) is 6.64. The predicted molar refractivity (Wildman–Crippen MR) is 58.2 cm³/mol. The maximum Gasteiger partial charge on any atom is 0.152 e. The molecule has 0 spiro atoms.